The fourth-order valence-electron chi connectivity index (χ4n) is 2.06. The predicted molar refractivity (Wildman–Crippen MR) is 79.7 cm³/mol. The van der Waals surface area contributed by atoms with E-state index in [2.05, 4.69) is 15.9 Å². The van der Waals surface area contributed by atoms with E-state index in [9.17, 15) is 4.39 Å². The molecule has 2 aromatic rings. The summed E-state index contributed by atoms with van der Waals surface area (Å²) in [6, 6.07) is 9.36. The van der Waals surface area contributed by atoms with Crippen molar-refractivity contribution in [2.75, 3.05) is 14.2 Å². The highest BCUT2D eigenvalue weighted by Gasteiger charge is 2.20. The summed E-state index contributed by atoms with van der Waals surface area (Å²) >= 11 is 3.41. The molecule has 0 aliphatic carbocycles. The van der Waals surface area contributed by atoms with Crippen molar-refractivity contribution in [1.29, 1.82) is 0 Å². The monoisotopic (exact) mass is 339 g/mol. The first-order valence-corrected chi connectivity index (χ1v) is 6.79. The molecule has 0 heterocycles. The minimum atomic E-state index is -0.617. The first-order valence-electron chi connectivity index (χ1n) is 6.00. The maximum absolute atomic E-state index is 13.9. The number of benzene rings is 2. The van der Waals surface area contributed by atoms with Gasteiger partial charge < -0.3 is 15.2 Å². The summed E-state index contributed by atoms with van der Waals surface area (Å²) in [5, 5.41) is 0. The Labute approximate surface area is 125 Å². The lowest BCUT2D eigenvalue weighted by molar-refractivity contribution is 0.384. The minimum Gasteiger partial charge on any atom is -0.495 e. The number of ether oxygens (including phenoxy) is 2. The summed E-state index contributed by atoms with van der Waals surface area (Å²) in [7, 11) is 3.10. The minimum absolute atomic E-state index is 0.339. The largest absolute Gasteiger partial charge is 0.495 e. The SMILES string of the molecule is COc1ccc(C(N)c2ccccc2F)c(OC)c1Br. The molecule has 0 radical (unpaired) electrons. The lowest BCUT2D eigenvalue weighted by atomic mass is 9.98. The third kappa shape index (κ3) is 2.64. The average molecular weight is 340 g/mol. The highest BCUT2D eigenvalue weighted by atomic mass is 79.9. The van der Waals surface area contributed by atoms with Crippen LogP contribution in [0.3, 0.4) is 0 Å². The van der Waals surface area contributed by atoms with Crippen LogP contribution in [0.25, 0.3) is 0 Å². The van der Waals surface area contributed by atoms with Crippen LogP contribution in [0.2, 0.25) is 0 Å². The van der Waals surface area contributed by atoms with Crippen LogP contribution >= 0.6 is 15.9 Å². The molecule has 1 unspecified atom stereocenters. The van der Waals surface area contributed by atoms with Crippen LogP contribution in [0.4, 0.5) is 4.39 Å². The molecule has 2 rings (SSSR count). The van der Waals surface area contributed by atoms with Crippen molar-refractivity contribution in [2.45, 2.75) is 6.04 Å². The Morgan fingerprint density at radius 2 is 1.75 bits per heavy atom. The van der Waals surface area contributed by atoms with Crippen LogP contribution in [-0.4, -0.2) is 14.2 Å². The second kappa shape index (κ2) is 6.24. The van der Waals surface area contributed by atoms with E-state index in [-0.39, 0.29) is 5.82 Å². The standard InChI is InChI=1S/C15H15BrFNO2/c1-19-12-8-7-10(15(20-2)13(12)16)14(18)9-5-3-4-6-11(9)17/h3-8,14H,18H2,1-2H3. The normalized spacial score (nSPS) is 12.1. The van der Waals surface area contributed by atoms with Crippen LogP contribution in [0.1, 0.15) is 17.2 Å². The Balaban J connectivity index is 2.53. The maximum atomic E-state index is 13.9. The number of halogens is 2. The number of hydrogen-bond donors (Lipinski definition) is 1. The summed E-state index contributed by atoms with van der Waals surface area (Å²) < 4.78 is 25.1. The second-order valence-corrected chi connectivity index (χ2v) is 5.00. The summed E-state index contributed by atoms with van der Waals surface area (Å²) in [4.78, 5) is 0. The van der Waals surface area contributed by atoms with Gasteiger partial charge in [0.25, 0.3) is 0 Å². The van der Waals surface area contributed by atoms with E-state index in [4.69, 9.17) is 15.2 Å². The number of rotatable bonds is 4. The van der Waals surface area contributed by atoms with Crippen LogP contribution in [-0.2, 0) is 0 Å². The number of hydrogen-bond acceptors (Lipinski definition) is 3. The van der Waals surface area contributed by atoms with Crippen molar-refractivity contribution in [2.24, 2.45) is 5.73 Å². The average Bonchev–Trinajstić information content (AvgIpc) is 2.46. The molecule has 0 bridgehead atoms. The summed E-state index contributed by atoms with van der Waals surface area (Å²) in [5.41, 5.74) is 7.28. The molecule has 20 heavy (non-hydrogen) atoms. The lowest BCUT2D eigenvalue weighted by Gasteiger charge is -2.19. The van der Waals surface area contributed by atoms with Crippen LogP contribution in [0.15, 0.2) is 40.9 Å². The van der Waals surface area contributed by atoms with Crippen molar-refractivity contribution in [1.82, 2.24) is 0 Å². The molecule has 0 amide bonds. The fraction of sp³-hybridized carbons (Fsp3) is 0.200. The molecule has 0 aliphatic rings. The Morgan fingerprint density at radius 3 is 2.35 bits per heavy atom. The molecular formula is C15H15BrFNO2. The highest BCUT2D eigenvalue weighted by molar-refractivity contribution is 9.10. The second-order valence-electron chi connectivity index (χ2n) is 4.20. The van der Waals surface area contributed by atoms with Gasteiger partial charge in [-0.2, -0.15) is 0 Å². The van der Waals surface area contributed by atoms with Gasteiger partial charge in [-0.1, -0.05) is 18.2 Å². The van der Waals surface area contributed by atoms with E-state index < -0.39 is 6.04 Å². The first kappa shape index (κ1) is 14.8. The highest BCUT2D eigenvalue weighted by Crippen LogP contribution is 2.40. The van der Waals surface area contributed by atoms with E-state index >= 15 is 0 Å². The molecule has 0 saturated carbocycles. The third-order valence-electron chi connectivity index (χ3n) is 3.09. The molecule has 1 atom stereocenters. The van der Waals surface area contributed by atoms with Gasteiger partial charge in [-0.15, -0.1) is 0 Å². The topological polar surface area (TPSA) is 44.5 Å². The summed E-state index contributed by atoms with van der Waals surface area (Å²) in [6.07, 6.45) is 0. The first-order chi connectivity index (χ1) is 9.60. The van der Waals surface area contributed by atoms with Crippen molar-refractivity contribution >= 4 is 15.9 Å². The summed E-state index contributed by atoms with van der Waals surface area (Å²) in [5.74, 6) is 0.834. The fourth-order valence-corrected chi connectivity index (χ4v) is 2.74. The predicted octanol–water partition coefficient (Wildman–Crippen LogP) is 3.65. The van der Waals surface area contributed by atoms with Gasteiger partial charge in [-0.05, 0) is 34.1 Å². The van der Waals surface area contributed by atoms with Crippen LogP contribution in [0, 0.1) is 5.82 Å². The van der Waals surface area contributed by atoms with E-state index in [1.165, 1.54) is 13.2 Å². The van der Waals surface area contributed by atoms with Crippen LogP contribution in [0.5, 0.6) is 11.5 Å². The molecule has 0 spiro atoms. The molecule has 5 heteroatoms. The molecule has 2 N–H and O–H groups in total. The van der Waals surface area contributed by atoms with Gasteiger partial charge in [-0.3, -0.25) is 0 Å². The zero-order valence-corrected chi connectivity index (χ0v) is 12.8. The quantitative estimate of drug-likeness (QED) is 0.924. The van der Waals surface area contributed by atoms with Crippen LogP contribution < -0.4 is 15.2 Å². The summed E-state index contributed by atoms with van der Waals surface area (Å²) in [6.45, 7) is 0. The van der Waals surface area contributed by atoms with E-state index in [0.717, 1.165) is 0 Å². The number of nitrogens with two attached hydrogens (primary N) is 1. The van der Waals surface area contributed by atoms with E-state index in [1.807, 2.05) is 0 Å². The number of methoxy groups -OCH3 is 2. The Morgan fingerprint density at radius 1 is 1.05 bits per heavy atom. The van der Waals surface area contributed by atoms with Gasteiger partial charge in [0.1, 0.15) is 21.8 Å². The smallest absolute Gasteiger partial charge is 0.141 e. The Bertz CT molecular complexity index is 619. The molecule has 0 fully saturated rings. The third-order valence-corrected chi connectivity index (χ3v) is 3.84. The van der Waals surface area contributed by atoms with Crippen molar-refractivity contribution in [3.05, 3.63) is 57.8 Å². The van der Waals surface area contributed by atoms with Gasteiger partial charge >= 0.3 is 0 Å². The van der Waals surface area contributed by atoms with Gasteiger partial charge in [-0.25, -0.2) is 4.39 Å². The van der Waals surface area contributed by atoms with Crippen molar-refractivity contribution in [3.63, 3.8) is 0 Å². The maximum Gasteiger partial charge on any atom is 0.141 e. The molecule has 0 aromatic heterocycles. The lowest BCUT2D eigenvalue weighted by Crippen LogP contribution is -2.15. The molecule has 0 aliphatic heterocycles. The molecule has 106 valence electrons. The van der Waals surface area contributed by atoms with Crippen molar-refractivity contribution in [3.8, 4) is 11.5 Å². The van der Waals surface area contributed by atoms with Gasteiger partial charge in [0.05, 0.1) is 20.3 Å². The van der Waals surface area contributed by atoms with Crippen molar-refractivity contribution < 1.29 is 13.9 Å². The zero-order chi connectivity index (χ0) is 14.7. The van der Waals surface area contributed by atoms with Gasteiger partial charge in [0.15, 0.2) is 0 Å². The molecule has 0 saturated heterocycles. The molecule has 2 aromatic carbocycles. The van der Waals surface area contributed by atoms with Gasteiger partial charge in [0, 0.05) is 11.1 Å². The Kier molecular flexibility index (Phi) is 4.62. The zero-order valence-electron chi connectivity index (χ0n) is 11.2. The van der Waals surface area contributed by atoms with E-state index in [1.54, 1.807) is 37.4 Å². The molecule has 3 nitrogen and oxygen atoms in total. The van der Waals surface area contributed by atoms with Gasteiger partial charge in [0.2, 0.25) is 0 Å². The molecular weight excluding hydrogens is 325 g/mol. The Hall–Kier alpha value is -1.59. The van der Waals surface area contributed by atoms with E-state index in [0.29, 0.717) is 27.1 Å².